The molecule has 19 heavy (non-hydrogen) atoms. The number of benzene rings is 1. The summed E-state index contributed by atoms with van der Waals surface area (Å²) in [6.45, 7) is 2.07. The van der Waals surface area contributed by atoms with E-state index < -0.39 is 0 Å². The minimum Gasteiger partial charge on any atom is -0.371 e. The summed E-state index contributed by atoms with van der Waals surface area (Å²) < 4.78 is 13.5. The summed E-state index contributed by atoms with van der Waals surface area (Å²) in [6, 6.07) is 5.76. The average molecular weight is 282 g/mol. The molecule has 1 aromatic rings. The number of rotatable bonds is 5. The maximum absolute atomic E-state index is 13.5. The van der Waals surface area contributed by atoms with Crippen LogP contribution in [-0.2, 0) is 6.42 Å². The van der Waals surface area contributed by atoms with Gasteiger partial charge in [0.25, 0.3) is 0 Å². The third-order valence-corrected chi connectivity index (χ3v) is 5.03. The average Bonchev–Trinajstić information content (AvgIpc) is 2.92. The first-order valence-corrected chi connectivity index (χ1v) is 8.12. The van der Waals surface area contributed by atoms with Crippen LogP contribution in [0.2, 0.25) is 0 Å². The second kappa shape index (κ2) is 6.62. The van der Waals surface area contributed by atoms with Gasteiger partial charge in [-0.15, -0.1) is 0 Å². The molecule has 0 radical (unpaired) electrons. The van der Waals surface area contributed by atoms with E-state index in [4.69, 9.17) is 5.73 Å². The van der Waals surface area contributed by atoms with Crippen LogP contribution in [0.1, 0.15) is 25.3 Å². The Morgan fingerprint density at radius 3 is 2.95 bits per heavy atom. The number of nitrogens with zero attached hydrogens (tertiary/aromatic N) is 1. The van der Waals surface area contributed by atoms with E-state index in [0.717, 1.165) is 29.8 Å². The highest BCUT2D eigenvalue weighted by molar-refractivity contribution is 7.99. The first-order chi connectivity index (χ1) is 9.11. The second-order valence-corrected chi connectivity index (χ2v) is 6.42. The first kappa shape index (κ1) is 14.7. The number of hydrogen-bond acceptors (Lipinski definition) is 3. The third kappa shape index (κ3) is 3.63. The molecule has 0 bridgehead atoms. The van der Waals surface area contributed by atoms with E-state index >= 15 is 0 Å². The van der Waals surface area contributed by atoms with Crippen molar-refractivity contribution in [2.45, 2.75) is 38.3 Å². The molecule has 1 aliphatic rings. The van der Waals surface area contributed by atoms with Crippen LogP contribution in [0.15, 0.2) is 18.2 Å². The van der Waals surface area contributed by atoms with Crippen molar-refractivity contribution in [3.05, 3.63) is 29.6 Å². The SMILES string of the molecule is CCC(N)Cc1cc(F)ccc1N(C)C1CCSC1. The summed E-state index contributed by atoms with van der Waals surface area (Å²) in [5.41, 5.74) is 8.21. The van der Waals surface area contributed by atoms with E-state index in [-0.39, 0.29) is 11.9 Å². The van der Waals surface area contributed by atoms with Gasteiger partial charge in [0.05, 0.1) is 0 Å². The molecule has 0 amide bonds. The van der Waals surface area contributed by atoms with Gasteiger partial charge in [0.15, 0.2) is 0 Å². The maximum atomic E-state index is 13.5. The lowest BCUT2D eigenvalue weighted by Crippen LogP contribution is -2.33. The highest BCUT2D eigenvalue weighted by Crippen LogP contribution is 2.29. The quantitative estimate of drug-likeness (QED) is 0.900. The summed E-state index contributed by atoms with van der Waals surface area (Å²) in [5.74, 6) is 2.21. The van der Waals surface area contributed by atoms with E-state index in [1.54, 1.807) is 12.1 Å². The van der Waals surface area contributed by atoms with Gasteiger partial charge in [-0.3, -0.25) is 0 Å². The van der Waals surface area contributed by atoms with E-state index in [9.17, 15) is 4.39 Å². The molecule has 1 heterocycles. The smallest absolute Gasteiger partial charge is 0.123 e. The van der Waals surface area contributed by atoms with Gasteiger partial charge >= 0.3 is 0 Å². The first-order valence-electron chi connectivity index (χ1n) is 6.96. The van der Waals surface area contributed by atoms with E-state index in [2.05, 4.69) is 18.9 Å². The molecule has 106 valence electrons. The summed E-state index contributed by atoms with van der Waals surface area (Å²) in [4.78, 5) is 2.30. The fourth-order valence-corrected chi connectivity index (χ4v) is 3.78. The molecule has 1 aliphatic heterocycles. The highest BCUT2D eigenvalue weighted by atomic mass is 32.2. The van der Waals surface area contributed by atoms with Gasteiger partial charge in [0.1, 0.15) is 5.82 Å². The largest absolute Gasteiger partial charge is 0.371 e. The van der Waals surface area contributed by atoms with Gasteiger partial charge < -0.3 is 10.6 Å². The monoisotopic (exact) mass is 282 g/mol. The molecule has 1 aromatic carbocycles. The van der Waals surface area contributed by atoms with Gasteiger partial charge in [-0.1, -0.05) is 6.92 Å². The van der Waals surface area contributed by atoms with Crippen molar-refractivity contribution in [1.29, 1.82) is 0 Å². The summed E-state index contributed by atoms with van der Waals surface area (Å²) in [7, 11) is 2.12. The molecular weight excluding hydrogens is 259 g/mol. The lowest BCUT2D eigenvalue weighted by atomic mass is 10.0. The molecule has 0 saturated carbocycles. The molecule has 0 spiro atoms. The van der Waals surface area contributed by atoms with Gasteiger partial charge in [-0.05, 0) is 48.8 Å². The Kier molecular flexibility index (Phi) is 5.11. The van der Waals surface area contributed by atoms with Crippen LogP contribution in [-0.4, -0.2) is 30.6 Å². The second-order valence-electron chi connectivity index (χ2n) is 5.27. The van der Waals surface area contributed by atoms with Crippen molar-refractivity contribution in [1.82, 2.24) is 0 Å². The normalized spacial score (nSPS) is 20.5. The molecule has 2 nitrogen and oxygen atoms in total. The lowest BCUT2D eigenvalue weighted by Gasteiger charge is -2.29. The number of nitrogens with two attached hydrogens (primary N) is 1. The zero-order valence-electron chi connectivity index (χ0n) is 11.7. The van der Waals surface area contributed by atoms with Crippen LogP contribution in [0.5, 0.6) is 0 Å². The van der Waals surface area contributed by atoms with E-state index in [1.807, 2.05) is 17.8 Å². The topological polar surface area (TPSA) is 29.3 Å². The summed E-state index contributed by atoms with van der Waals surface area (Å²) in [6.07, 6.45) is 2.87. The van der Waals surface area contributed by atoms with Gasteiger partial charge in [-0.25, -0.2) is 4.39 Å². The Morgan fingerprint density at radius 1 is 1.53 bits per heavy atom. The molecule has 0 aromatic heterocycles. The minimum atomic E-state index is -0.170. The van der Waals surface area contributed by atoms with Crippen LogP contribution in [0.4, 0.5) is 10.1 Å². The predicted molar refractivity (Wildman–Crippen MR) is 82.5 cm³/mol. The van der Waals surface area contributed by atoms with Gasteiger partial charge in [0.2, 0.25) is 0 Å². The van der Waals surface area contributed by atoms with Crippen LogP contribution in [0.3, 0.4) is 0 Å². The fraction of sp³-hybridized carbons (Fsp3) is 0.600. The standard InChI is InChI=1S/C15H23FN2S/c1-3-13(17)9-11-8-12(16)4-5-15(11)18(2)14-6-7-19-10-14/h4-5,8,13-14H,3,6-7,9-10,17H2,1-2H3. The van der Waals surface area contributed by atoms with Crippen LogP contribution in [0, 0.1) is 5.82 Å². The maximum Gasteiger partial charge on any atom is 0.123 e. The zero-order chi connectivity index (χ0) is 13.8. The van der Waals surface area contributed by atoms with Crippen molar-refractivity contribution in [2.75, 3.05) is 23.5 Å². The molecule has 2 N–H and O–H groups in total. The number of halogens is 1. The Bertz CT molecular complexity index is 419. The zero-order valence-corrected chi connectivity index (χ0v) is 12.5. The predicted octanol–water partition coefficient (Wildman–Crippen LogP) is 3.05. The Hall–Kier alpha value is -0.740. The summed E-state index contributed by atoms with van der Waals surface area (Å²) in [5, 5.41) is 0. The molecule has 1 saturated heterocycles. The van der Waals surface area contributed by atoms with Gasteiger partial charge in [0, 0.05) is 30.6 Å². The van der Waals surface area contributed by atoms with Crippen molar-refractivity contribution in [3.8, 4) is 0 Å². The van der Waals surface area contributed by atoms with Crippen molar-refractivity contribution in [2.24, 2.45) is 5.73 Å². The third-order valence-electron chi connectivity index (χ3n) is 3.88. The number of anilines is 1. The van der Waals surface area contributed by atoms with Crippen molar-refractivity contribution >= 4 is 17.4 Å². The highest BCUT2D eigenvalue weighted by Gasteiger charge is 2.22. The Morgan fingerprint density at radius 2 is 2.32 bits per heavy atom. The summed E-state index contributed by atoms with van der Waals surface area (Å²) >= 11 is 1.99. The molecule has 1 fully saturated rings. The lowest BCUT2D eigenvalue weighted by molar-refractivity contribution is 0.610. The van der Waals surface area contributed by atoms with Crippen LogP contribution >= 0.6 is 11.8 Å². The van der Waals surface area contributed by atoms with Crippen molar-refractivity contribution in [3.63, 3.8) is 0 Å². The van der Waals surface area contributed by atoms with Crippen molar-refractivity contribution < 1.29 is 4.39 Å². The van der Waals surface area contributed by atoms with E-state index in [1.165, 1.54) is 12.2 Å². The molecule has 4 heteroatoms. The Labute approximate surface area is 119 Å². The minimum absolute atomic E-state index is 0.104. The number of thioether (sulfide) groups is 1. The van der Waals surface area contributed by atoms with Gasteiger partial charge in [-0.2, -0.15) is 11.8 Å². The molecular formula is C15H23FN2S. The molecule has 2 unspecified atom stereocenters. The fourth-order valence-electron chi connectivity index (χ4n) is 2.51. The van der Waals surface area contributed by atoms with Crippen LogP contribution in [0.25, 0.3) is 0 Å². The van der Waals surface area contributed by atoms with E-state index in [0.29, 0.717) is 6.04 Å². The van der Waals surface area contributed by atoms with Crippen LogP contribution < -0.4 is 10.6 Å². The molecule has 2 rings (SSSR count). The molecule has 2 atom stereocenters. The molecule has 0 aliphatic carbocycles. The number of hydrogen-bond donors (Lipinski definition) is 1. The Balaban J connectivity index is 2.22.